The molecule has 2 nitrogen and oxygen atoms in total. The number of carbonyl (C=O) groups excluding carboxylic acids is 1. The molecule has 0 spiro atoms. The maximum Gasteiger partial charge on any atom is 0.403 e. The number of fused-ring (bicyclic) bond motifs is 1. The summed E-state index contributed by atoms with van der Waals surface area (Å²) < 4.78 is 79.9. The van der Waals surface area contributed by atoms with E-state index in [1.165, 1.54) is 0 Å². The largest absolute Gasteiger partial charge is 0.464 e. The summed E-state index contributed by atoms with van der Waals surface area (Å²) in [6.07, 6.45) is -10.1. The van der Waals surface area contributed by atoms with Crippen LogP contribution in [0.1, 0.15) is 24.3 Å². The Hall–Kier alpha value is -2.25. The van der Waals surface area contributed by atoms with Gasteiger partial charge in [0.15, 0.2) is 5.92 Å². The van der Waals surface area contributed by atoms with Crippen LogP contribution in [0, 0.1) is 11.8 Å². The normalized spacial score (nSPS) is 20.6. The van der Waals surface area contributed by atoms with Gasteiger partial charge in [-0.25, -0.2) is 0 Å². The van der Waals surface area contributed by atoms with Crippen LogP contribution in [0.5, 0.6) is 0 Å². The second-order valence-corrected chi connectivity index (χ2v) is 6.62. The van der Waals surface area contributed by atoms with Gasteiger partial charge in [-0.05, 0) is 35.1 Å². The van der Waals surface area contributed by atoms with Crippen LogP contribution in [0.4, 0.5) is 26.3 Å². The number of carbonyl (C=O) groups is 1. The van der Waals surface area contributed by atoms with Gasteiger partial charge in [0, 0.05) is 0 Å². The van der Waals surface area contributed by atoms with Crippen LogP contribution in [-0.4, -0.2) is 24.9 Å². The quantitative estimate of drug-likeness (QED) is 0.501. The molecule has 0 aromatic heterocycles. The lowest BCUT2D eigenvalue weighted by molar-refractivity contribution is -0.292. The highest BCUT2D eigenvalue weighted by Crippen LogP contribution is 2.46. The molecule has 1 aliphatic rings. The molecule has 1 fully saturated rings. The minimum atomic E-state index is -5.52. The maximum atomic E-state index is 12.6. The second-order valence-electron chi connectivity index (χ2n) is 6.62. The summed E-state index contributed by atoms with van der Waals surface area (Å²) in [6, 6.07) is 13.0. The molecule has 27 heavy (non-hydrogen) atoms. The molecular formula is C19H16F6O2. The van der Waals surface area contributed by atoms with Crippen molar-refractivity contribution in [2.75, 3.05) is 6.61 Å². The first-order valence-electron chi connectivity index (χ1n) is 8.36. The number of rotatable bonds is 4. The molecule has 0 heterocycles. The van der Waals surface area contributed by atoms with Gasteiger partial charge in [-0.3, -0.25) is 4.79 Å². The SMILES string of the molecule is O=C(OCC(C(F)(F)F)C(F)(F)F)[C@@H]1CC[C@H]1c1cccc2ccccc12. The van der Waals surface area contributed by atoms with E-state index in [0.29, 0.717) is 12.8 Å². The fraction of sp³-hybridized carbons (Fsp3) is 0.421. The number of ether oxygens (including phenoxy) is 1. The summed E-state index contributed by atoms with van der Waals surface area (Å²) in [7, 11) is 0. The second kappa shape index (κ2) is 7.05. The lowest BCUT2D eigenvalue weighted by Gasteiger charge is -2.36. The van der Waals surface area contributed by atoms with Gasteiger partial charge in [-0.15, -0.1) is 0 Å². The van der Waals surface area contributed by atoms with Crippen LogP contribution in [0.25, 0.3) is 10.8 Å². The smallest absolute Gasteiger partial charge is 0.403 e. The van der Waals surface area contributed by atoms with Gasteiger partial charge in [0.1, 0.15) is 6.61 Å². The molecule has 0 bridgehead atoms. The zero-order valence-electron chi connectivity index (χ0n) is 14.0. The molecule has 0 amide bonds. The van der Waals surface area contributed by atoms with E-state index in [1.807, 2.05) is 42.5 Å². The molecule has 146 valence electrons. The van der Waals surface area contributed by atoms with Crippen LogP contribution in [0.2, 0.25) is 0 Å². The summed E-state index contributed by atoms with van der Waals surface area (Å²) in [5.74, 6) is -5.71. The summed E-state index contributed by atoms with van der Waals surface area (Å²) >= 11 is 0. The topological polar surface area (TPSA) is 26.3 Å². The Morgan fingerprint density at radius 2 is 1.59 bits per heavy atom. The average molecular weight is 390 g/mol. The van der Waals surface area contributed by atoms with E-state index in [9.17, 15) is 31.1 Å². The first kappa shape index (κ1) is 19.5. The van der Waals surface area contributed by atoms with Crippen molar-refractivity contribution in [1.82, 2.24) is 0 Å². The minimum absolute atomic E-state index is 0.279. The first-order chi connectivity index (χ1) is 12.6. The Kier molecular flexibility index (Phi) is 5.10. The zero-order chi connectivity index (χ0) is 19.8. The van der Waals surface area contributed by atoms with E-state index in [1.54, 1.807) is 0 Å². The Balaban J connectivity index is 1.73. The van der Waals surface area contributed by atoms with Crippen molar-refractivity contribution >= 4 is 16.7 Å². The predicted molar refractivity (Wildman–Crippen MR) is 86.0 cm³/mol. The van der Waals surface area contributed by atoms with Gasteiger partial charge in [0.2, 0.25) is 0 Å². The van der Waals surface area contributed by atoms with E-state index < -0.39 is 36.8 Å². The molecule has 0 unspecified atom stereocenters. The number of esters is 1. The number of halogens is 6. The Labute approximate surface area is 151 Å². The highest BCUT2D eigenvalue weighted by atomic mass is 19.4. The van der Waals surface area contributed by atoms with Gasteiger partial charge in [0.25, 0.3) is 0 Å². The van der Waals surface area contributed by atoms with Gasteiger partial charge in [-0.2, -0.15) is 26.3 Å². The molecule has 2 aromatic rings. The van der Waals surface area contributed by atoms with Crippen molar-refractivity contribution in [2.45, 2.75) is 31.1 Å². The van der Waals surface area contributed by atoms with Gasteiger partial charge in [-0.1, -0.05) is 42.5 Å². The average Bonchev–Trinajstić information content (AvgIpc) is 2.51. The molecule has 2 aromatic carbocycles. The van der Waals surface area contributed by atoms with E-state index in [0.717, 1.165) is 16.3 Å². The van der Waals surface area contributed by atoms with Crippen molar-refractivity contribution in [2.24, 2.45) is 11.8 Å². The lowest BCUT2D eigenvalue weighted by Crippen LogP contribution is -2.42. The highest BCUT2D eigenvalue weighted by molar-refractivity contribution is 5.87. The third-order valence-electron chi connectivity index (χ3n) is 4.98. The summed E-state index contributed by atoms with van der Waals surface area (Å²) in [5, 5.41) is 1.86. The Bertz CT molecular complexity index is 808. The minimum Gasteiger partial charge on any atom is -0.464 e. The molecule has 0 N–H and O–H groups in total. The molecule has 2 atom stereocenters. The Morgan fingerprint density at radius 1 is 0.963 bits per heavy atom. The van der Waals surface area contributed by atoms with E-state index >= 15 is 0 Å². The zero-order valence-corrected chi connectivity index (χ0v) is 14.0. The van der Waals surface area contributed by atoms with Crippen LogP contribution in [0.15, 0.2) is 42.5 Å². The monoisotopic (exact) mass is 390 g/mol. The standard InChI is InChI=1S/C19H16F6O2/c20-18(21,22)16(19(23,24)25)10-27-17(26)15-9-8-14(15)13-7-3-5-11-4-1-2-6-12(11)13/h1-7,14-16H,8-10H2/t14-,15+/m0/s1. The highest BCUT2D eigenvalue weighted by Gasteiger charge is 2.57. The van der Waals surface area contributed by atoms with Gasteiger partial charge >= 0.3 is 18.3 Å². The summed E-state index contributed by atoms with van der Waals surface area (Å²) in [5.41, 5.74) is 0.851. The van der Waals surface area contributed by atoms with E-state index in [4.69, 9.17) is 0 Å². The van der Waals surface area contributed by atoms with E-state index in [2.05, 4.69) is 4.74 Å². The number of benzene rings is 2. The van der Waals surface area contributed by atoms with Crippen LogP contribution in [0.3, 0.4) is 0 Å². The van der Waals surface area contributed by atoms with Crippen molar-refractivity contribution in [3.05, 3.63) is 48.0 Å². The Morgan fingerprint density at radius 3 is 2.19 bits per heavy atom. The molecule has 0 radical (unpaired) electrons. The predicted octanol–water partition coefficient (Wildman–Crippen LogP) is 5.62. The number of hydrogen-bond donors (Lipinski definition) is 0. The van der Waals surface area contributed by atoms with Crippen molar-refractivity contribution in [1.29, 1.82) is 0 Å². The third-order valence-corrected chi connectivity index (χ3v) is 4.98. The van der Waals surface area contributed by atoms with Crippen LogP contribution >= 0.6 is 0 Å². The first-order valence-corrected chi connectivity index (χ1v) is 8.36. The molecule has 8 heteroatoms. The molecular weight excluding hydrogens is 374 g/mol. The van der Waals surface area contributed by atoms with Crippen molar-refractivity contribution < 1.29 is 35.9 Å². The van der Waals surface area contributed by atoms with Gasteiger partial charge in [0.05, 0.1) is 5.92 Å². The van der Waals surface area contributed by atoms with Crippen molar-refractivity contribution in [3.63, 3.8) is 0 Å². The molecule has 1 aliphatic carbocycles. The lowest BCUT2D eigenvalue weighted by atomic mass is 9.69. The maximum absolute atomic E-state index is 12.6. The number of alkyl halides is 6. The molecule has 0 aliphatic heterocycles. The third kappa shape index (κ3) is 4.04. The van der Waals surface area contributed by atoms with E-state index in [-0.39, 0.29) is 5.92 Å². The van der Waals surface area contributed by atoms with Crippen LogP contribution in [-0.2, 0) is 9.53 Å². The fourth-order valence-electron chi connectivity index (χ4n) is 3.38. The molecule has 1 saturated carbocycles. The molecule has 0 saturated heterocycles. The van der Waals surface area contributed by atoms with Crippen LogP contribution < -0.4 is 0 Å². The number of hydrogen-bond acceptors (Lipinski definition) is 2. The van der Waals surface area contributed by atoms with Gasteiger partial charge < -0.3 is 4.74 Å². The molecule has 3 rings (SSSR count). The fourth-order valence-corrected chi connectivity index (χ4v) is 3.38. The van der Waals surface area contributed by atoms with Crippen molar-refractivity contribution in [3.8, 4) is 0 Å². The summed E-state index contributed by atoms with van der Waals surface area (Å²) in [4.78, 5) is 12.1. The summed E-state index contributed by atoms with van der Waals surface area (Å²) in [6.45, 7) is -1.75.